The topological polar surface area (TPSA) is 111 Å². The van der Waals surface area contributed by atoms with Crippen LogP contribution >= 0.6 is 0 Å². The Morgan fingerprint density at radius 3 is 2.36 bits per heavy atom. The normalized spacial score (nSPS) is 16.0. The van der Waals surface area contributed by atoms with Crippen LogP contribution in [0.2, 0.25) is 0 Å². The zero-order chi connectivity index (χ0) is 24.3. The molecule has 178 valence electrons. The van der Waals surface area contributed by atoms with Crippen LogP contribution in [0.3, 0.4) is 0 Å². The summed E-state index contributed by atoms with van der Waals surface area (Å²) < 4.78 is 44.6. The van der Waals surface area contributed by atoms with Gasteiger partial charge in [0.15, 0.2) is 11.5 Å². The summed E-state index contributed by atoms with van der Waals surface area (Å²) in [5.74, 6) is 0.127. The fourth-order valence-electron chi connectivity index (χ4n) is 4.03. The van der Waals surface area contributed by atoms with E-state index in [9.17, 15) is 18.0 Å². The van der Waals surface area contributed by atoms with Crippen LogP contribution in [-0.2, 0) is 30.8 Å². The molecular formula is C23H28N2O7S. The maximum atomic E-state index is 13.8. The van der Waals surface area contributed by atoms with Crippen molar-refractivity contribution in [2.45, 2.75) is 37.6 Å². The van der Waals surface area contributed by atoms with Gasteiger partial charge in [-0.1, -0.05) is 6.07 Å². The number of amides is 1. The number of methoxy groups -OCH3 is 3. The van der Waals surface area contributed by atoms with Crippen molar-refractivity contribution in [2.24, 2.45) is 0 Å². The molecule has 1 aliphatic rings. The molecule has 33 heavy (non-hydrogen) atoms. The molecule has 1 amide bonds. The number of aryl methyl sites for hydroxylation is 1. The number of hydrogen-bond acceptors (Lipinski definition) is 7. The molecule has 0 fully saturated rings. The molecule has 0 aliphatic carbocycles. The summed E-state index contributed by atoms with van der Waals surface area (Å²) in [7, 11) is 0.257. The van der Waals surface area contributed by atoms with E-state index in [1.165, 1.54) is 38.6 Å². The van der Waals surface area contributed by atoms with Crippen LogP contribution < -0.4 is 14.8 Å². The number of esters is 1. The van der Waals surface area contributed by atoms with E-state index in [1.54, 1.807) is 25.1 Å². The van der Waals surface area contributed by atoms with Crippen LogP contribution in [0.15, 0.2) is 35.2 Å². The molecule has 0 bridgehead atoms. The van der Waals surface area contributed by atoms with E-state index in [2.05, 4.69) is 5.32 Å². The SMILES string of the molecule is COC(=O)C[C@@H]1c2cc(OC)c(OC)cc2CCN1S(=O)(=O)c1cc(NC(C)=O)ccc1C. The lowest BCUT2D eigenvalue weighted by Crippen LogP contribution is -2.41. The van der Waals surface area contributed by atoms with E-state index in [0.29, 0.717) is 34.7 Å². The van der Waals surface area contributed by atoms with E-state index < -0.39 is 22.0 Å². The number of sulfonamides is 1. The molecule has 3 rings (SSSR count). The standard InChI is InChI=1S/C23H28N2O7S/c1-14-6-7-17(24-15(2)26)11-22(14)33(28,29)25-9-8-16-10-20(30-3)21(31-4)12-18(16)19(25)13-23(27)32-5/h6-7,10-12,19H,8-9,13H2,1-5H3,(H,24,26)/t19-/m1/s1. The Balaban J connectivity index is 2.13. The van der Waals surface area contributed by atoms with Crippen LogP contribution in [0, 0.1) is 6.92 Å². The van der Waals surface area contributed by atoms with Crippen LogP contribution in [-0.4, -0.2) is 52.5 Å². The second kappa shape index (κ2) is 9.80. The molecule has 2 aromatic carbocycles. The predicted octanol–water partition coefficient (Wildman–Crippen LogP) is 2.82. The number of rotatable bonds is 7. The summed E-state index contributed by atoms with van der Waals surface area (Å²) in [5, 5.41) is 2.62. The fraction of sp³-hybridized carbons (Fsp3) is 0.391. The molecule has 1 N–H and O–H groups in total. The lowest BCUT2D eigenvalue weighted by Gasteiger charge is -2.36. The lowest BCUT2D eigenvalue weighted by atomic mass is 9.91. The van der Waals surface area contributed by atoms with Crippen molar-refractivity contribution in [3.63, 3.8) is 0 Å². The van der Waals surface area contributed by atoms with Crippen molar-refractivity contribution in [3.05, 3.63) is 47.0 Å². The van der Waals surface area contributed by atoms with E-state index in [-0.39, 0.29) is 23.8 Å². The third-order valence-electron chi connectivity index (χ3n) is 5.64. The largest absolute Gasteiger partial charge is 0.493 e. The first kappa shape index (κ1) is 24.5. The monoisotopic (exact) mass is 476 g/mol. The average molecular weight is 477 g/mol. The summed E-state index contributed by atoms with van der Waals surface area (Å²) in [6, 6.07) is 7.44. The average Bonchev–Trinajstić information content (AvgIpc) is 2.78. The number of fused-ring (bicyclic) bond motifs is 1. The first-order valence-corrected chi connectivity index (χ1v) is 11.8. The Hall–Kier alpha value is -3.11. The molecule has 1 aliphatic heterocycles. The van der Waals surface area contributed by atoms with Crippen molar-refractivity contribution in [1.29, 1.82) is 0 Å². The number of nitrogens with zero attached hydrogens (tertiary/aromatic N) is 1. The van der Waals surface area contributed by atoms with Gasteiger partial charge in [0.1, 0.15) is 0 Å². The van der Waals surface area contributed by atoms with Crippen molar-refractivity contribution in [2.75, 3.05) is 33.2 Å². The van der Waals surface area contributed by atoms with Crippen LogP contribution in [0.1, 0.15) is 36.1 Å². The second-order valence-corrected chi connectivity index (χ2v) is 9.59. The van der Waals surface area contributed by atoms with E-state index in [0.717, 1.165) is 5.56 Å². The summed E-state index contributed by atoms with van der Waals surface area (Å²) in [4.78, 5) is 23.8. The van der Waals surface area contributed by atoms with Crippen molar-refractivity contribution in [3.8, 4) is 11.5 Å². The number of ether oxygens (including phenoxy) is 3. The van der Waals surface area contributed by atoms with Gasteiger partial charge in [-0.2, -0.15) is 4.31 Å². The van der Waals surface area contributed by atoms with Gasteiger partial charge in [-0.15, -0.1) is 0 Å². The molecular weight excluding hydrogens is 448 g/mol. The number of carbonyl (C=O) groups is 2. The number of carbonyl (C=O) groups excluding carboxylic acids is 2. The maximum absolute atomic E-state index is 13.8. The highest BCUT2D eigenvalue weighted by molar-refractivity contribution is 7.89. The third kappa shape index (κ3) is 4.96. The Kier molecular flexibility index (Phi) is 7.28. The highest BCUT2D eigenvalue weighted by Gasteiger charge is 2.39. The van der Waals surface area contributed by atoms with Gasteiger partial charge in [0, 0.05) is 19.2 Å². The smallest absolute Gasteiger partial charge is 0.307 e. The van der Waals surface area contributed by atoms with Gasteiger partial charge >= 0.3 is 5.97 Å². The second-order valence-electron chi connectivity index (χ2n) is 7.73. The first-order chi connectivity index (χ1) is 15.6. The van der Waals surface area contributed by atoms with E-state index >= 15 is 0 Å². The first-order valence-electron chi connectivity index (χ1n) is 10.3. The van der Waals surface area contributed by atoms with Gasteiger partial charge < -0.3 is 19.5 Å². The van der Waals surface area contributed by atoms with Gasteiger partial charge in [-0.3, -0.25) is 9.59 Å². The molecule has 0 radical (unpaired) electrons. The van der Waals surface area contributed by atoms with Gasteiger partial charge in [0.25, 0.3) is 0 Å². The van der Waals surface area contributed by atoms with Crippen molar-refractivity contribution >= 4 is 27.6 Å². The summed E-state index contributed by atoms with van der Waals surface area (Å²) in [6.07, 6.45) is 0.264. The minimum absolute atomic E-state index is 0.0625. The third-order valence-corrected chi connectivity index (χ3v) is 7.69. The predicted molar refractivity (Wildman–Crippen MR) is 122 cm³/mol. The Bertz CT molecular complexity index is 1180. The zero-order valence-electron chi connectivity index (χ0n) is 19.3. The van der Waals surface area contributed by atoms with Crippen LogP contribution in [0.5, 0.6) is 11.5 Å². The Morgan fingerprint density at radius 2 is 1.76 bits per heavy atom. The molecule has 1 atom stereocenters. The van der Waals surface area contributed by atoms with Crippen molar-refractivity contribution < 1.29 is 32.2 Å². The number of hydrogen-bond donors (Lipinski definition) is 1. The van der Waals surface area contributed by atoms with Gasteiger partial charge in [0.05, 0.1) is 38.7 Å². The van der Waals surface area contributed by atoms with Gasteiger partial charge in [-0.05, 0) is 54.3 Å². The molecule has 9 nitrogen and oxygen atoms in total. The van der Waals surface area contributed by atoms with Crippen molar-refractivity contribution in [1.82, 2.24) is 4.31 Å². The molecule has 0 saturated carbocycles. The Morgan fingerprint density at radius 1 is 1.09 bits per heavy atom. The Labute approximate surface area is 193 Å². The number of nitrogens with one attached hydrogen (secondary N) is 1. The lowest BCUT2D eigenvalue weighted by molar-refractivity contribution is -0.141. The van der Waals surface area contributed by atoms with Gasteiger partial charge in [-0.25, -0.2) is 8.42 Å². The summed E-state index contributed by atoms with van der Waals surface area (Å²) >= 11 is 0. The van der Waals surface area contributed by atoms with Crippen LogP contribution in [0.4, 0.5) is 5.69 Å². The molecule has 1 heterocycles. The molecule has 0 unspecified atom stereocenters. The summed E-state index contributed by atoms with van der Waals surface area (Å²) in [6.45, 7) is 3.20. The molecule has 0 spiro atoms. The highest BCUT2D eigenvalue weighted by atomic mass is 32.2. The van der Waals surface area contributed by atoms with Crippen LogP contribution in [0.25, 0.3) is 0 Å². The number of anilines is 1. The molecule has 0 aromatic heterocycles. The van der Waals surface area contributed by atoms with E-state index in [4.69, 9.17) is 14.2 Å². The van der Waals surface area contributed by atoms with E-state index in [1.807, 2.05) is 6.07 Å². The quantitative estimate of drug-likeness (QED) is 0.612. The summed E-state index contributed by atoms with van der Waals surface area (Å²) in [5.41, 5.74) is 2.43. The minimum Gasteiger partial charge on any atom is -0.493 e. The highest BCUT2D eigenvalue weighted by Crippen LogP contribution is 2.42. The zero-order valence-corrected chi connectivity index (χ0v) is 20.1. The number of benzene rings is 2. The maximum Gasteiger partial charge on any atom is 0.307 e. The molecule has 2 aromatic rings. The molecule has 0 saturated heterocycles. The minimum atomic E-state index is -4.03. The molecule has 10 heteroatoms. The van der Waals surface area contributed by atoms with Gasteiger partial charge in [0.2, 0.25) is 15.9 Å². The fourth-order valence-corrected chi connectivity index (χ4v) is 5.89.